The van der Waals surface area contributed by atoms with E-state index >= 15 is 0 Å². The molecule has 28 heavy (non-hydrogen) atoms. The van der Waals surface area contributed by atoms with Crippen LogP contribution in [0.25, 0.3) is 11.3 Å². The van der Waals surface area contributed by atoms with Gasteiger partial charge in [-0.25, -0.2) is 19.9 Å². The monoisotopic (exact) mass is 397 g/mol. The Labute approximate surface area is 165 Å². The zero-order chi connectivity index (χ0) is 19.5. The highest BCUT2D eigenvalue weighted by atomic mass is 35.5. The first-order valence-corrected chi connectivity index (χ1v) is 9.03. The molecule has 0 amide bonds. The highest BCUT2D eigenvalue weighted by Gasteiger charge is 2.28. The summed E-state index contributed by atoms with van der Waals surface area (Å²) in [6, 6.07) is 11.9. The average Bonchev–Trinajstić information content (AvgIpc) is 2.74. The second kappa shape index (κ2) is 7.73. The van der Waals surface area contributed by atoms with Gasteiger partial charge in [0.05, 0.1) is 10.6 Å². The third kappa shape index (κ3) is 3.56. The Balaban J connectivity index is 1.51. The minimum Gasteiger partial charge on any atom is -0.353 e. The van der Waals surface area contributed by atoms with E-state index in [1.165, 1.54) is 6.33 Å². The Morgan fingerprint density at radius 2 is 1.61 bits per heavy atom. The summed E-state index contributed by atoms with van der Waals surface area (Å²) in [7, 11) is 0. The predicted molar refractivity (Wildman–Crippen MR) is 106 cm³/mol. The number of piperazine rings is 1. The van der Waals surface area contributed by atoms with Crippen LogP contribution in [0.5, 0.6) is 0 Å². The van der Waals surface area contributed by atoms with Gasteiger partial charge in [-0.05, 0) is 0 Å². The van der Waals surface area contributed by atoms with Gasteiger partial charge in [0.1, 0.15) is 18.5 Å². The fourth-order valence-electron chi connectivity index (χ4n) is 3.17. The van der Waals surface area contributed by atoms with Crippen LogP contribution in [-0.4, -0.2) is 51.0 Å². The number of anilines is 2. The van der Waals surface area contributed by atoms with Gasteiger partial charge in [-0.15, -0.1) is 0 Å². The van der Waals surface area contributed by atoms with Crippen molar-refractivity contribution in [2.45, 2.75) is 0 Å². The number of halogens is 1. The standard InChI is InChI=1S/C18H16ClN7O2/c19-17-16(26(27)28)18(23-12-22-17)25-8-6-24(7-9-25)15-10-14(20-11-21-15)13-4-2-1-3-5-13/h1-5,10-12H,6-9H2. The van der Waals surface area contributed by atoms with Gasteiger partial charge in [-0.3, -0.25) is 10.1 Å². The van der Waals surface area contributed by atoms with E-state index in [1.807, 2.05) is 41.3 Å². The summed E-state index contributed by atoms with van der Waals surface area (Å²) in [4.78, 5) is 31.3. The molecule has 4 rings (SSSR count). The molecule has 0 saturated carbocycles. The van der Waals surface area contributed by atoms with Crippen molar-refractivity contribution >= 4 is 28.9 Å². The van der Waals surface area contributed by atoms with Gasteiger partial charge in [0.15, 0.2) is 0 Å². The molecule has 10 heteroatoms. The van der Waals surface area contributed by atoms with Gasteiger partial charge in [0.25, 0.3) is 0 Å². The molecule has 1 saturated heterocycles. The predicted octanol–water partition coefficient (Wildman–Crippen LogP) is 2.82. The van der Waals surface area contributed by atoms with Crippen LogP contribution in [0.4, 0.5) is 17.3 Å². The molecule has 1 aliphatic rings. The van der Waals surface area contributed by atoms with E-state index < -0.39 is 4.92 Å². The minimum absolute atomic E-state index is 0.152. The van der Waals surface area contributed by atoms with Crippen molar-refractivity contribution in [3.8, 4) is 11.3 Å². The zero-order valence-corrected chi connectivity index (χ0v) is 15.5. The van der Waals surface area contributed by atoms with Gasteiger partial charge in [-0.2, -0.15) is 0 Å². The summed E-state index contributed by atoms with van der Waals surface area (Å²) in [6.45, 7) is 2.39. The molecule has 0 atom stereocenters. The second-order valence-electron chi connectivity index (χ2n) is 6.20. The summed E-state index contributed by atoms with van der Waals surface area (Å²) in [5.41, 5.74) is 1.62. The van der Waals surface area contributed by atoms with Gasteiger partial charge in [0, 0.05) is 37.8 Å². The fraction of sp³-hybridized carbons (Fsp3) is 0.222. The molecule has 3 heterocycles. The van der Waals surface area contributed by atoms with E-state index in [1.54, 1.807) is 6.33 Å². The molecule has 142 valence electrons. The van der Waals surface area contributed by atoms with Crippen LogP contribution in [-0.2, 0) is 0 Å². The van der Waals surface area contributed by atoms with Crippen LogP contribution in [0.3, 0.4) is 0 Å². The highest BCUT2D eigenvalue weighted by Crippen LogP contribution is 2.32. The molecule has 3 aromatic rings. The molecule has 0 N–H and O–H groups in total. The number of nitrogens with zero attached hydrogens (tertiary/aromatic N) is 7. The number of hydrogen-bond acceptors (Lipinski definition) is 8. The fourth-order valence-corrected chi connectivity index (χ4v) is 3.37. The molecule has 1 fully saturated rings. The van der Waals surface area contributed by atoms with Crippen molar-refractivity contribution < 1.29 is 4.92 Å². The lowest BCUT2D eigenvalue weighted by molar-refractivity contribution is -0.384. The van der Waals surface area contributed by atoms with Crippen molar-refractivity contribution in [2.75, 3.05) is 36.0 Å². The molecule has 0 spiro atoms. The summed E-state index contributed by atoms with van der Waals surface area (Å²) in [5.74, 6) is 1.07. The Morgan fingerprint density at radius 3 is 2.32 bits per heavy atom. The van der Waals surface area contributed by atoms with E-state index in [-0.39, 0.29) is 16.7 Å². The molecular weight excluding hydrogens is 382 g/mol. The van der Waals surface area contributed by atoms with Crippen LogP contribution in [0.2, 0.25) is 5.15 Å². The third-order valence-electron chi connectivity index (χ3n) is 4.57. The number of benzene rings is 1. The SMILES string of the molecule is O=[N+]([O-])c1c(Cl)ncnc1N1CCN(c2cc(-c3ccccc3)ncn2)CC1. The molecule has 0 unspecified atom stereocenters. The first kappa shape index (κ1) is 18.1. The van der Waals surface area contributed by atoms with E-state index in [4.69, 9.17) is 11.6 Å². The number of aromatic nitrogens is 4. The van der Waals surface area contributed by atoms with Crippen molar-refractivity contribution in [3.05, 3.63) is 64.3 Å². The zero-order valence-electron chi connectivity index (χ0n) is 14.8. The lowest BCUT2D eigenvalue weighted by atomic mass is 10.1. The maximum atomic E-state index is 11.3. The summed E-state index contributed by atoms with van der Waals surface area (Å²) >= 11 is 5.90. The largest absolute Gasteiger partial charge is 0.353 e. The third-order valence-corrected chi connectivity index (χ3v) is 4.84. The van der Waals surface area contributed by atoms with Crippen molar-refractivity contribution in [3.63, 3.8) is 0 Å². The maximum Gasteiger partial charge on any atom is 0.348 e. The Hall–Kier alpha value is -3.33. The second-order valence-corrected chi connectivity index (χ2v) is 6.55. The smallest absolute Gasteiger partial charge is 0.348 e. The lowest BCUT2D eigenvalue weighted by Gasteiger charge is -2.35. The maximum absolute atomic E-state index is 11.3. The van der Waals surface area contributed by atoms with Crippen LogP contribution in [0.1, 0.15) is 0 Å². The molecule has 0 aliphatic carbocycles. The van der Waals surface area contributed by atoms with E-state index in [2.05, 4.69) is 24.8 Å². The number of rotatable bonds is 4. The van der Waals surface area contributed by atoms with Crippen LogP contribution >= 0.6 is 11.6 Å². The highest BCUT2D eigenvalue weighted by molar-refractivity contribution is 6.31. The van der Waals surface area contributed by atoms with E-state index in [9.17, 15) is 10.1 Å². The van der Waals surface area contributed by atoms with Crippen molar-refractivity contribution in [1.29, 1.82) is 0 Å². The summed E-state index contributed by atoms with van der Waals surface area (Å²) < 4.78 is 0. The molecule has 2 aromatic heterocycles. The normalized spacial score (nSPS) is 14.2. The molecule has 0 radical (unpaired) electrons. The molecule has 1 aromatic carbocycles. The Morgan fingerprint density at radius 1 is 0.929 bits per heavy atom. The van der Waals surface area contributed by atoms with Crippen molar-refractivity contribution in [2.24, 2.45) is 0 Å². The first-order valence-electron chi connectivity index (χ1n) is 8.66. The van der Waals surface area contributed by atoms with Gasteiger partial charge in [0.2, 0.25) is 11.0 Å². The number of nitro groups is 1. The van der Waals surface area contributed by atoms with Gasteiger partial charge in [-0.1, -0.05) is 41.9 Å². The van der Waals surface area contributed by atoms with Gasteiger partial charge < -0.3 is 9.80 Å². The van der Waals surface area contributed by atoms with Crippen LogP contribution in [0.15, 0.2) is 49.1 Å². The Bertz CT molecular complexity index is 994. The van der Waals surface area contributed by atoms with Crippen molar-refractivity contribution in [1.82, 2.24) is 19.9 Å². The number of hydrogen-bond donors (Lipinski definition) is 0. The topological polar surface area (TPSA) is 101 Å². The van der Waals surface area contributed by atoms with E-state index in [0.717, 1.165) is 17.1 Å². The molecule has 9 nitrogen and oxygen atoms in total. The molecular formula is C18H16ClN7O2. The van der Waals surface area contributed by atoms with E-state index in [0.29, 0.717) is 26.2 Å². The average molecular weight is 398 g/mol. The first-order chi connectivity index (χ1) is 13.6. The molecule has 0 bridgehead atoms. The Kier molecular flexibility index (Phi) is 4.98. The summed E-state index contributed by atoms with van der Waals surface area (Å²) in [5, 5.41) is 11.2. The minimum atomic E-state index is -0.541. The lowest BCUT2D eigenvalue weighted by Crippen LogP contribution is -2.47. The molecule has 1 aliphatic heterocycles. The van der Waals surface area contributed by atoms with Gasteiger partial charge >= 0.3 is 5.69 Å². The quantitative estimate of drug-likeness (QED) is 0.376. The summed E-state index contributed by atoms with van der Waals surface area (Å²) in [6.07, 6.45) is 2.80. The van der Waals surface area contributed by atoms with Crippen LogP contribution < -0.4 is 9.80 Å². The van der Waals surface area contributed by atoms with Crippen LogP contribution in [0, 0.1) is 10.1 Å².